The lowest BCUT2D eigenvalue weighted by molar-refractivity contribution is 0.793. The lowest BCUT2D eigenvalue weighted by atomic mass is 10.0. The summed E-state index contributed by atoms with van der Waals surface area (Å²) in [4.78, 5) is 0. The minimum atomic E-state index is 0.616. The van der Waals surface area contributed by atoms with Crippen molar-refractivity contribution < 1.29 is 0 Å². The van der Waals surface area contributed by atoms with Crippen LogP contribution in [0.15, 0.2) is 29.5 Å². The Kier molecular flexibility index (Phi) is 2.53. The Hall–Kier alpha value is -0.740. The molecule has 0 heterocycles. The van der Waals surface area contributed by atoms with Crippen molar-refractivity contribution in [1.82, 2.24) is 0 Å². The van der Waals surface area contributed by atoms with E-state index < -0.39 is 0 Å². The van der Waals surface area contributed by atoms with E-state index in [1.165, 1.54) is 12.0 Å². The second-order valence-electron chi connectivity index (χ2n) is 2.94. The Balaban J connectivity index is 2.80. The van der Waals surface area contributed by atoms with Gasteiger partial charge in [0.25, 0.3) is 0 Å². The van der Waals surface area contributed by atoms with E-state index in [1.807, 2.05) is 0 Å². The molecule has 0 aromatic rings. The van der Waals surface area contributed by atoms with Crippen LogP contribution in [0.3, 0.4) is 0 Å². The molecule has 0 unspecified atom stereocenters. The summed E-state index contributed by atoms with van der Waals surface area (Å²) in [6.45, 7) is 4.40. The van der Waals surface area contributed by atoms with Crippen LogP contribution in [0.1, 0.15) is 26.7 Å². The molecule has 0 fully saturated rings. The van der Waals surface area contributed by atoms with Gasteiger partial charge in [0.05, 0.1) is 0 Å². The molecule has 0 amide bonds. The van der Waals surface area contributed by atoms with Crippen LogP contribution in [0.4, 0.5) is 0 Å². The Bertz CT molecular complexity index is 188. The molecule has 0 atom stereocenters. The maximum atomic E-state index is 3.29. The van der Waals surface area contributed by atoms with Crippen LogP contribution in [0, 0.1) is 5.92 Å². The van der Waals surface area contributed by atoms with Gasteiger partial charge in [0.1, 0.15) is 0 Å². The monoisotopic (exact) mass is 134 g/mol. The topological polar surface area (TPSA) is 0 Å². The van der Waals surface area contributed by atoms with E-state index in [-0.39, 0.29) is 0 Å². The summed E-state index contributed by atoms with van der Waals surface area (Å²) in [6, 6.07) is 0. The van der Waals surface area contributed by atoms with Crippen LogP contribution in [0.25, 0.3) is 0 Å². The smallest absolute Gasteiger partial charge is 0.00414 e. The highest BCUT2D eigenvalue weighted by Crippen LogP contribution is 2.12. The van der Waals surface area contributed by atoms with Crippen molar-refractivity contribution in [3.05, 3.63) is 29.5 Å². The standard InChI is InChI=1S/C10H14/c1-9(2)10-7-5-3-4-6-8-10/h5-7,9H,3-4H2,1-2H3. The summed E-state index contributed by atoms with van der Waals surface area (Å²) < 4.78 is 0. The number of hydrogen-bond acceptors (Lipinski definition) is 0. The van der Waals surface area contributed by atoms with Gasteiger partial charge in [0, 0.05) is 0 Å². The average Bonchev–Trinajstić information content (AvgIpc) is 2.12. The van der Waals surface area contributed by atoms with Gasteiger partial charge in [-0.1, -0.05) is 26.0 Å². The van der Waals surface area contributed by atoms with E-state index in [9.17, 15) is 0 Å². The highest BCUT2D eigenvalue weighted by Gasteiger charge is 1.97. The van der Waals surface area contributed by atoms with Crippen molar-refractivity contribution in [3.8, 4) is 0 Å². The lowest BCUT2D eigenvalue weighted by Gasteiger charge is -2.00. The first-order chi connectivity index (χ1) is 4.80. The summed E-state index contributed by atoms with van der Waals surface area (Å²) in [5, 5.41) is 0. The van der Waals surface area contributed by atoms with E-state index in [0.717, 1.165) is 6.42 Å². The van der Waals surface area contributed by atoms with Gasteiger partial charge in [-0.05, 0) is 30.4 Å². The second kappa shape index (κ2) is 3.43. The van der Waals surface area contributed by atoms with Crippen LogP contribution in [0.2, 0.25) is 0 Å². The zero-order chi connectivity index (χ0) is 7.40. The van der Waals surface area contributed by atoms with Crippen LogP contribution in [0.5, 0.6) is 0 Å². The van der Waals surface area contributed by atoms with Crippen LogP contribution in [-0.2, 0) is 0 Å². The van der Waals surface area contributed by atoms with Crippen LogP contribution >= 0.6 is 0 Å². The molecule has 0 spiro atoms. The lowest BCUT2D eigenvalue weighted by Crippen LogP contribution is -1.86. The van der Waals surface area contributed by atoms with E-state index >= 15 is 0 Å². The predicted octanol–water partition coefficient (Wildman–Crippen LogP) is 3.07. The predicted molar refractivity (Wildman–Crippen MR) is 44.8 cm³/mol. The highest BCUT2D eigenvalue weighted by atomic mass is 14.0. The molecule has 0 aromatic carbocycles. The Morgan fingerprint density at radius 3 is 2.90 bits per heavy atom. The van der Waals surface area contributed by atoms with Gasteiger partial charge < -0.3 is 0 Å². The first-order valence-corrected chi connectivity index (χ1v) is 3.92. The molecule has 0 nitrogen and oxygen atoms in total. The van der Waals surface area contributed by atoms with E-state index in [4.69, 9.17) is 0 Å². The first-order valence-electron chi connectivity index (χ1n) is 3.92. The molecule has 10 heavy (non-hydrogen) atoms. The molecule has 0 N–H and O–H groups in total. The fourth-order valence-electron chi connectivity index (χ4n) is 0.987. The van der Waals surface area contributed by atoms with Crippen molar-refractivity contribution >= 4 is 0 Å². The molecule has 0 heteroatoms. The minimum absolute atomic E-state index is 0.616. The highest BCUT2D eigenvalue weighted by molar-refractivity contribution is 5.21. The maximum Gasteiger partial charge on any atom is -0.00414 e. The summed E-state index contributed by atoms with van der Waals surface area (Å²) in [5.41, 5.74) is 4.62. The molecule has 0 radical (unpaired) electrons. The van der Waals surface area contributed by atoms with Crippen molar-refractivity contribution in [2.24, 2.45) is 5.92 Å². The molecule has 54 valence electrons. The Morgan fingerprint density at radius 1 is 1.40 bits per heavy atom. The molecular weight excluding hydrogens is 120 g/mol. The van der Waals surface area contributed by atoms with Gasteiger partial charge in [0.15, 0.2) is 0 Å². The number of hydrogen-bond donors (Lipinski definition) is 0. The van der Waals surface area contributed by atoms with Crippen LogP contribution in [-0.4, -0.2) is 0 Å². The fourth-order valence-corrected chi connectivity index (χ4v) is 0.987. The normalized spacial score (nSPS) is 17.3. The Labute approximate surface area is 62.9 Å². The molecule has 0 saturated carbocycles. The van der Waals surface area contributed by atoms with Crippen molar-refractivity contribution in [2.75, 3.05) is 0 Å². The third-order valence-electron chi connectivity index (χ3n) is 1.67. The zero-order valence-electron chi connectivity index (χ0n) is 6.72. The van der Waals surface area contributed by atoms with Crippen LogP contribution < -0.4 is 0 Å². The second-order valence-corrected chi connectivity index (χ2v) is 2.94. The number of allylic oxidation sites excluding steroid dienone is 3. The van der Waals surface area contributed by atoms with E-state index in [2.05, 4.69) is 37.8 Å². The van der Waals surface area contributed by atoms with E-state index in [1.54, 1.807) is 0 Å². The third-order valence-corrected chi connectivity index (χ3v) is 1.67. The zero-order valence-corrected chi connectivity index (χ0v) is 6.72. The van der Waals surface area contributed by atoms with Gasteiger partial charge in [-0.15, -0.1) is 5.73 Å². The summed E-state index contributed by atoms with van der Waals surface area (Å²) in [6.07, 6.45) is 8.87. The quantitative estimate of drug-likeness (QED) is 0.483. The van der Waals surface area contributed by atoms with Crippen molar-refractivity contribution in [2.45, 2.75) is 26.7 Å². The van der Waals surface area contributed by atoms with Gasteiger partial charge in [-0.25, -0.2) is 0 Å². The minimum Gasteiger partial charge on any atom is -0.121 e. The molecule has 0 bridgehead atoms. The average molecular weight is 134 g/mol. The van der Waals surface area contributed by atoms with Gasteiger partial charge in [0.2, 0.25) is 0 Å². The molecule has 1 aliphatic carbocycles. The van der Waals surface area contributed by atoms with E-state index in [0.29, 0.717) is 5.92 Å². The van der Waals surface area contributed by atoms with Gasteiger partial charge >= 0.3 is 0 Å². The summed E-state index contributed by atoms with van der Waals surface area (Å²) in [5.74, 6) is 0.616. The first kappa shape index (κ1) is 7.37. The van der Waals surface area contributed by atoms with Gasteiger partial charge in [-0.3, -0.25) is 0 Å². The molecule has 0 aliphatic heterocycles. The summed E-state index contributed by atoms with van der Waals surface area (Å²) >= 11 is 0. The number of rotatable bonds is 1. The third kappa shape index (κ3) is 1.89. The SMILES string of the molecule is CC(C)C1=C=CCCC=C1. The molecular formula is C10H14. The fraction of sp³-hybridized carbons (Fsp3) is 0.500. The summed E-state index contributed by atoms with van der Waals surface area (Å²) in [7, 11) is 0. The van der Waals surface area contributed by atoms with Crippen molar-refractivity contribution in [1.29, 1.82) is 0 Å². The molecule has 1 rings (SSSR count). The molecule has 0 aromatic heterocycles. The molecule has 0 saturated heterocycles. The maximum absolute atomic E-state index is 3.29. The Morgan fingerprint density at radius 2 is 2.20 bits per heavy atom. The largest absolute Gasteiger partial charge is 0.121 e. The van der Waals surface area contributed by atoms with Crippen molar-refractivity contribution in [3.63, 3.8) is 0 Å². The van der Waals surface area contributed by atoms with Gasteiger partial charge in [-0.2, -0.15) is 0 Å². The molecule has 1 aliphatic rings.